The molecule has 5 nitrogen and oxygen atoms in total. The number of hydrogen-bond acceptors (Lipinski definition) is 4. The molecular weight excluding hydrogens is 362 g/mol. The summed E-state index contributed by atoms with van der Waals surface area (Å²) in [7, 11) is 1.50. The van der Waals surface area contributed by atoms with Crippen molar-refractivity contribution in [3.05, 3.63) is 41.0 Å². The zero-order valence-electron chi connectivity index (χ0n) is 19.1. The lowest BCUT2D eigenvalue weighted by Gasteiger charge is -2.38. The van der Waals surface area contributed by atoms with Crippen LogP contribution in [0.5, 0.6) is 0 Å². The summed E-state index contributed by atoms with van der Waals surface area (Å²) in [5.41, 5.74) is 9.54. The first-order valence-corrected chi connectivity index (χ1v) is 11.1. The lowest BCUT2D eigenvalue weighted by atomic mass is 10.0. The quantitative estimate of drug-likeness (QED) is 0.700. The number of aliphatic carboxylic acids is 1. The lowest BCUT2D eigenvalue weighted by Crippen LogP contribution is -2.44. The third kappa shape index (κ3) is 7.48. The summed E-state index contributed by atoms with van der Waals surface area (Å²) in [5.74, 6) is -0.755. The summed E-state index contributed by atoms with van der Waals surface area (Å²) in [6.45, 7) is 12.9. The van der Waals surface area contributed by atoms with E-state index in [9.17, 15) is 4.79 Å². The van der Waals surface area contributed by atoms with Gasteiger partial charge in [0.05, 0.1) is 6.42 Å². The van der Waals surface area contributed by atoms with Crippen LogP contribution in [-0.2, 0) is 17.6 Å². The Hall–Kier alpha value is -1.85. The van der Waals surface area contributed by atoms with Gasteiger partial charge in [0.1, 0.15) is 0 Å². The Morgan fingerprint density at radius 2 is 1.86 bits per heavy atom. The molecule has 3 rings (SSSR count). The third-order valence-electron chi connectivity index (χ3n) is 5.75. The molecule has 1 aromatic carbocycles. The number of fused-ring (bicyclic) bond motifs is 1. The number of likely N-dealkylation sites (tertiary alicyclic amines) is 1. The van der Waals surface area contributed by atoms with Gasteiger partial charge in [-0.15, -0.1) is 0 Å². The summed E-state index contributed by atoms with van der Waals surface area (Å²) in [5, 5.41) is 9.04. The van der Waals surface area contributed by atoms with Gasteiger partial charge in [0.15, 0.2) is 0 Å². The largest absolute Gasteiger partial charge is 0.481 e. The smallest absolute Gasteiger partial charge is 0.307 e. The first kappa shape index (κ1) is 25.2. The molecule has 164 valence electrons. The van der Waals surface area contributed by atoms with E-state index in [0.717, 1.165) is 18.5 Å². The van der Waals surface area contributed by atoms with Gasteiger partial charge >= 0.3 is 5.97 Å². The molecule has 0 aliphatic carbocycles. The van der Waals surface area contributed by atoms with Crippen molar-refractivity contribution in [1.29, 1.82) is 0 Å². The molecule has 1 saturated heterocycles. The topological polar surface area (TPSA) is 69.8 Å². The summed E-state index contributed by atoms with van der Waals surface area (Å²) in [6.07, 6.45) is 7.00. The van der Waals surface area contributed by atoms with Crippen molar-refractivity contribution in [2.24, 2.45) is 5.73 Å². The van der Waals surface area contributed by atoms with Gasteiger partial charge in [-0.2, -0.15) is 0 Å². The number of rotatable bonds is 6. The average Bonchev–Trinajstić information content (AvgIpc) is 3.18. The summed E-state index contributed by atoms with van der Waals surface area (Å²) in [6, 6.07) is 6.81. The maximum atomic E-state index is 11.0. The fraction of sp³-hybridized carbons (Fsp3) is 0.625. The van der Waals surface area contributed by atoms with Gasteiger partial charge in [-0.25, -0.2) is 0 Å². The number of nitrogens with zero attached hydrogens (tertiary/aromatic N) is 2. The van der Waals surface area contributed by atoms with Crippen LogP contribution in [0.2, 0.25) is 0 Å². The van der Waals surface area contributed by atoms with E-state index in [1.807, 2.05) is 19.9 Å². The third-order valence-corrected chi connectivity index (χ3v) is 5.75. The molecule has 0 spiro atoms. The van der Waals surface area contributed by atoms with Crippen LogP contribution in [0.25, 0.3) is 0 Å². The number of nitrogens with two attached hydrogens (primary N) is 1. The SMILES string of the molecule is C/C=C(\C)CCN1CCC(N2CCc3ccc(CC(=O)O)cc32)CC1.CC.CN. The Bertz CT molecular complexity index is 650. The van der Waals surface area contributed by atoms with E-state index in [-0.39, 0.29) is 6.42 Å². The van der Waals surface area contributed by atoms with E-state index >= 15 is 0 Å². The second kappa shape index (κ2) is 13.4. The van der Waals surface area contributed by atoms with E-state index in [1.165, 1.54) is 62.8 Å². The standard InChI is InChI=1S/C21H30N2O2.C2H6.CH5N/c1-3-16(2)6-10-22-11-8-19(9-12-22)23-13-7-18-5-4-17(14-20(18)23)15-21(24)25;2*1-2/h3-5,14,19H,6-13,15H2,1-2H3,(H,24,25);1-2H3;2H2,1H3/b16-3+;;. The highest BCUT2D eigenvalue weighted by molar-refractivity contribution is 5.72. The van der Waals surface area contributed by atoms with Crippen molar-refractivity contribution in [3.63, 3.8) is 0 Å². The molecule has 0 atom stereocenters. The number of carbonyl (C=O) groups is 1. The van der Waals surface area contributed by atoms with E-state index in [2.05, 4.69) is 47.6 Å². The molecule has 0 bridgehead atoms. The number of carboxylic acids is 1. The molecule has 2 aliphatic rings. The Kier molecular flexibility index (Phi) is 11.6. The van der Waals surface area contributed by atoms with Crippen molar-refractivity contribution in [2.75, 3.05) is 38.1 Å². The number of carboxylic acid groups (broad SMARTS) is 1. The Morgan fingerprint density at radius 3 is 2.45 bits per heavy atom. The van der Waals surface area contributed by atoms with E-state index in [0.29, 0.717) is 6.04 Å². The molecule has 0 aromatic heterocycles. The Balaban J connectivity index is 0.000000989. The van der Waals surface area contributed by atoms with Gasteiger partial charge in [0.25, 0.3) is 0 Å². The molecule has 2 heterocycles. The fourth-order valence-corrected chi connectivity index (χ4v) is 4.05. The maximum absolute atomic E-state index is 11.0. The van der Waals surface area contributed by atoms with Gasteiger partial charge in [-0.1, -0.05) is 37.6 Å². The van der Waals surface area contributed by atoms with Crippen molar-refractivity contribution >= 4 is 11.7 Å². The number of anilines is 1. The predicted octanol–water partition coefficient (Wildman–Crippen LogP) is 4.10. The van der Waals surface area contributed by atoms with Crippen molar-refractivity contribution in [2.45, 2.75) is 65.8 Å². The molecule has 5 heteroatoms. The van der Waals surface area contributed by atoms with Gasteiger partial charge in [-0.05, 0) is 63.8 Å². The van der Waals surface area contributed by atoms with E-state index in [4.69, 9.17) is 5.11 Å². The molecule has 0 radical (unpaired) electrons. The summed E-state index contributed by atoms with van der Waals surface area (Å²) in [4.78, 5) is 16.1. The molecule has 1 fully saturated rings. The molecule has 0 amide bonds. The van der Waals surface area contributed by atoms with Gasteiger partial charge < -0.3 is 20.6 Å². The molecule has 0 unspecified atom stereocenters. The monoisotopic (exact) mass is 403 g/mol. The minimum Gasteiger partial charge on any atom is -0.481 e. The van der Waals surface area contributed by atoms with Crippen LogP contribution in [-0.4, -0.2) is 55.2 Å². The highest BCUT2D eigenvalue weighted by atomic mass is 16.4. The minimum absolute atomic E-state index is 0.115. The zero-order chi connectivity index (χ0) is 21.8. The molecule has 0 saturated carbocycles. The van der Waals surface area contributed by atoms with Crippen LogP contribution in [0, 0.1) is 0 Å². The first-order chi connectivity index (χ1) is 14.1. The molecule has 2 aliphatic heterocycles. The lowest BCUT2D eigenvalue weighted by molar-refractivity contribution is -0.136. The fourth-order valence-electron chi connectivity index (χ4n) is 4.05. The number of benzene rings is 1. The highest BCUT2D eigenvalue weighted by Gasteiger charge is 2.29. The number of allylic oxidation sites excluding steroid dienone is 1. The van der Waals surface area contributed by atoms with E-state index < -0.39 is 5.97 Å². The van der Waals surface area contributed by atoms with Gasteiger partial charge in [0.2, 0.25) is 0 Å². The second-order valence-corrected chi connectivity index (χ2v) is 7.43. The number of hydrogen-bond donors (Lipinski definition) is 2. The highest BCUT2D eigenvalue weighted by Crippen LogP contribution is 2.33. The predicted molar refractivity (Wildman–Crippen MR) is 124 cm³/mol. The van der Waals surface area contributed by atoms with E-state index in [1.54, 1.807) is 0 Å². The molecule has 3 N–H and O–H groups in total. The maximum Gasteiger partial charge on any atom is 0.307 e. The average molecular weight is 404 g/mol. The summed E-state index contributed by atoms with van der Waals surface area (Å²) < 4.78 is 0. The van der Waals surface area contributed by atoms with Crippen LogP contribution in [0.3, 0.4) is 0 Å². The van der Waals surface area contributed by atoms with Crippen molar-refractivity contribution in [3.8, 4) is 0 Å². The van der Waals surface area contributed by atoms with Crippen molar-refractivity contribution in [1.82, 2.24) is 4.90 Å². The Morgan fingerprint density at radius 1 is 1.21 bits per heavy atom. The first-order valence-electron chi connectivity index (χ1n) is 11.1. The summed E-state index contributed by atoms with van der Waals surface area (Å²) >= 11 is 0. The number of piperidine rings is 1. The van der Waals surface area contributed by atoms with Gasteiger partial charge in [-0.3, -0.25) is 4.79 Å². The van der Waals surface area contributed by atoms with Gasteiger partial charge in [0, 0.05) is 37.9 Å². The zero-order valence-corrected chi connectivity index (χ0v) is 19.1. The Labute approximate surface area is 177 Å². The van der Waals surface area contributed by atoms with Crippen LogP contribution < -0.4 is 10.6 Å². The molecular formula is C24H41N3O2. The molecule has 29 heavy (non-hydrogen) atoms. The van der Waals surface area contributed by atoms with Crippen LogP contribution in [0.1, 0.15) is 58.1 Å². The molecule has 1 aromatic rings. The van der Waals surface area contributed by atoms with Crippen molar-refractivity contribution < 1.29 is 9.90 Å². The van der Waals surface area contributed by atoms with Crippen LogP contribution >= 0.6 is 0 Å². The van der Waals surface area contributed by atoms with Crippen LogP contribution in [0.4, 0.5) is 5.69 Å². The normalized spacial score (nSPS) is 17.0. The minimum atomic E-state index is -0.755. The van der Waals surface area contributed by atoms with Crippen LogP contribution in [0.15, 0.2) is 29.8 Å². The second-order valence-electron chi connectivity index (χ2n) is 7.43.